The summed E-state index contributed by atoms with van der Waals surface area (Å²) in [5.41, 5.74) is 0. The number of allylic oxidation sites excluding steroid dienone is 10. The molecular formula is C45H77NO13. The molecule has 0 aliphatic carbocycles. The molecule has 0 saturated carbocycles. The highest BCUT2D eigenvalue weighted by Crippen LogP contribution is 2.30. The van der Waals surface area contributed by atoms with Gasteiger partial charge in [0, 0.05) is 6.42 Å². The van der Waals surface area contributed by atoms with Gasteiger partial charge in [0.2, 0.25) is 5.91 Å². The quantitative estimate of drug-likeness (QED) is 0.0357. The van der Waals surface area contributed by atoms with E-state index in [1.807, 2.05) is 0 Å². The van der Waals surface area contributed by atoms with Gasteiger partial charge in [-0.15, -0.1) is 0 Å². The second kappa shape index (κ2) is 32.4. The number of amides is 1. The first-order chi connectivity index (χ1) is 28.6. The minimum absolute atomic E-state index is 0.248. The molecule has 14 nitrogen and oxygen atoms in total. The summed E-state index contributed by atoms with van der Waals surface area (Å²) in [6, 6.07) is -0.844. The number of unbranched alkanes of at least 4 members (excludes halogenated alkanes) is 8. The molecule has 14 heteroatoms. The molecule has 2 rings (SSSR count). The van der Waals surface area contributed by atoms with Crippen LogP contribution in [-0.2, 0) is 23.7 Å². The van der Waals surface area contributed by atoms with Crippen molar-refractivity contribution in [2.75, 3.05) is 19.8 Å². The zero-order valence-electron chi connectivity index (χ0n) is 35.5. The smallest absolute Gasteiger partial charge is 0.220 e. The molecule has 59 heavy (non-hydrogen) atoms. The maximum Gasteiger partial charge on any atom is 0.220 e. The molecule has 2 aliphatic heterocycles. The molecule has 0 bridgehead atoms. The highest BCUT2D eigenvalue weighted by atomic mass is 16.7. The highest BCUT2D eigenvalue weighted by molar-refractivity contribution is 5.76. The summed E-state index contributed by atoms with van der Waals surface area (Å²) in [6.45, 7) is 2.59. The zero-order chi connectivity index (χ0) is 43.3. The van der Waals surface area contributed by atoms with Gasteiger partial charge in [0.05, 0.1) is 32.0 Å². The average Bonchev–Trinajstić information content (AvgIpc) is 3.23. The summed E-state index contributed by atoms with van der Waals surface area (Å²) >= 11 is 0. The number of rotatable bonds is 31. The van der Waals surface area contributed by atoms with E-state index in [0.29, 0.717) is 12.8 Å². The Labute approximate surface area is 352 Å². The molecule has 0 aromatic rings. The van der Waals surface area contributed by atoms with E-state index in [4.69, 9.17) is 18.9 Å². The van der Waals surface area contributed by atoms with Gasteiger partial charge in [0.1, 0.15) is 48.8 Å². The summed E-state index contributed by atoms with van der Waals surface area (Å²) < 4.78 is 22.6. The summed E-state index contributed by atoms with van der Waals surface area (Å²) in [4.78, 5) is 13.0. The topological polar surface area (TPSA) is 228 Å². The summed E-state index contributed by atoms with van der Waals surface area (Å²) in [7, 11) is 0. The minimum Gasteiger partial charge on any atom is -0.394 e. The zero-order valence-corrected chi connectivity index (χ0v) is 35.5. The van der Waals surface area contributed by atoms with Gasteiger partial charge in [-0.25, -0.2) is 0 Å². The first kappa shape index (κ1) is 52.8. The third-order valence-electron chi connectivity index (χ3n) is 10.5. The van der Waals surface area contributed by atoms with Crippen LogP contribution in [0.3, 0.4) is 0 Å². The fourth-order valence-corrected chi connectivity index (χ4v) is 6.85. The number of hydrogen-bond acceptors (Lipinski definition) is 13. The first-order valence-corrected chi connectivity index (χ1v) is 22.0. The van der Waals surface area contributed by atoms with Crippen LogP contribution in [0.5, 0.6) is 0 Å². The summed E-state index contributed by atoms with van der Waals surface area (Å²) in [5, 5.41) is 86.2. The van der Waals surface area contributed by atoms with Crippen molar-refractivity contribution < 1.29 is 64.6 Å². The molecule has 2 aliphatic rings. The minimum atomic E-state index is -1.79. The molecule has 12 unspecified atom stereocenters. The predicted molar refractivity (Wildman–Crippen MR) is 226 cm³/mol. The van der Waals surface area contributed by atoms with Gasteiger partial charge in [-0.1, -0.05) is 120 Å². The lowest BCUT2D eigenvalue weighted by molar-refractivity contribution is -0.359. The molecule has 2 heterocycles. The van der Waals surface area contributed by atoms with Gasteiger partial charge in [0.25, 0.3) is 0 Å². The van der Waals surface area contributed by atoms with Crippen LogP contribution < -0.4 is 5.32 Å². The molecule has 340 valence electrons. The maximum atomic E-state index is 13.0. The second-order valence-electron chi connectivity index (χ2n) is 15.4. The molecule has 12 atom stereocenters. The Bertz CT molecular complexity index is 1220. The Morgan fingerprint density at radius 3 is 1.78 bits per heavy atom. The van der Waals surface area contributed by atoms with Crippen LogP contribution >= 0.6 is 0 Å². The number of carbonyl (C=O) groups excluding carboxylic acids is 1. The van der Waals surface area contributed by atoms with Crippen LogP contribution in [0.1, 0.15) is 123 Å². The van der Waals surface area contributed by atoms with Crippen LogP contribution in [0.2, 0.25) is 0 Å². The molecule has 1 amide bonds. The Kier molecular flexibility index (Phi) is 29.0. The number of aliphatic hydroxyl groups excluding tert-OH is 8. The number of nitrogens with one attached hydrogen (secondary N) is 1. The van der Waals surface area contributed by atoms with Gasteiger partial charge in [0.15, 0.2) is 12.6 Å². The molecule has 9 N–H and O–H groups in total. The standard InChI is InChI=1S/C45H77NO13/c1-3-5-7-9-11-12-13-14-15-16-17-18-19-20-21-22-23-25-27-29-37(50)46-33(34(49)28-26-24-10-8-6-4-2)32-56-44-42(55)40(53)43(36(31-48)58-44)59-45-41(54)39(52)38(51)35(30-47)57-45/h5,7,11-12,14-15,17-18,20-21,33-36,38-45,47-49,51-55H,3-4,6,8-10,13,16,19,22-32H2,1-2H3,(H,46,50)/b7-5-,12-11-,15-14-,18-17-,21-20-. The molecule has 2 saturated heterocycles. The Morgan fingerprint density at radius 2 is 1.17 bits per heavy atom. The number of ether oxygens (including phenoxy) is 4. The van der Waals surface area contributed by atoms with Gasteiger partial charge in [-0.3, -0.25) is 4.79 Å². The van der Waals surface area contributed by atoms with E-state index >= 15 is 0 Å². The van der Waals surface area contributed by atoms with Crippen molar-refractivity contribution in [1.29, 1.82) is 0 Å². The van der Waals surface area contributed by atoms with Crippen LogP contribution in [0, 0.1) is 0 Å². The number of carbonyl (C=O) groups is 1. The van der Waals surface area contributed by atoms with Gasteiger partial charge in [-0.05, 0) is 57.8 Å². The van der Waals surface area contributed by atoms with E-state index < -0.39 is 86.8 Å². The highest BCUT2D eigenvalue weighted by Gasteiger charge is 2.51. The lowest BCUT2D eigenvalue weighted by atomic mass is 9.97. The van der Waals surface area contributed by atoms with Crippen molar-refractivity contribution in [3.63, 3.8) is 0 Å². The SMILES string of the molecule is CC/C=C\C/C=C\C/C=C\C/C=C\C/C=C\CCCCCC(=O)NC(COC1OC(CO)C(OC2OC(CO)C(O)C(O)C2O)C(O)C1O)C(O)CCCCCCCC. The van der Waals surface area contributed by atoms with E-state index in [2.05, 4.69) is 79.9 Å². The van der Waals surface area contributed by atoms with Gasteiger partial charge in [-0.2, -0.15) is 0 Å². The van der Waals surface area contributed by atoms with Crippen LogP contribution in [0.4, 0.5) is 0 Å². The Morgan fingerprint density at radius 1 is 0.627 bits per heavy atom. The monoisotopic (exact) mass is 840 g/mol. The average molecular weight is 840 g/mol. The normalized spacial score (nSPS) is 29.1. The Balaban J connectivity index is 1.83. The van der Waals surface area contributed by atoms with Crippen molar-refractivity contribution in [3.8, 4) is 0 Å². The number of hydrogen-bond donors (Lipinski definition) is 9. The van der Waals surface area contributed by atoms with Crippen molar-refractivity contribution in [2.45, 2.75) is 197 Å². The number of aliphatic hydroxyl groups is 8. The molecule has 0 spiro atoms. The van der Waals surface area contributed by atoms with E-state index in [9.17, 15) is 45.6 Å². The maximum absolute atomic E-state index is 13.0. The first-order valence-electron chi connectivity index (χ1n) is 22.0. The lowest BCUT2D eigenvalue weighted by Gasteiger charge is -2.46. The van der Waals surface area contributed by atoms with Crippen molar-refractivity contribution >= 4 is 5.91 Å². The third-order valence-corrected chi connectivity index (χ3v) is 10.5. The predicted octanol–water partition coefficient (Wildman–Crippen LogP) is 3.93. The van der Waals surface area contributed by atoms with Crippen molar-refractivity contribution in [2.24, 2.45) is 0 Å². The van der Waals surface area contributed by atoms with E-state index in [0.717, 1.165) is 89.9 Å². The molecule has 0 radical (unpaired) electrons. The fraction of sp³-hybridized carbons (Fsp3) is 0.756. The molecular weight excluding hydrogens is 762 g/mol. The van der Waals surface area contributed by atoms with Crippen molar-refractivity contribution in [3.05, 3.63) is 60.8 Å². The third kappa shape index (κ3) is 20.9. The van der Waals surface area contributed by atoms with Crippen molar-refractivity contribution in [1.82, 2.24) is 5.32 Å². The largest absolute Gasteiger partial charge is 0.394 e. The fourth-order valence-electron chi connectivity index (χ4n) is 6.85. The second-order valence-corrected chi connectivity index (χ2v) is 15.4. The van der Waals surface area contributed by atoms with Gasteiger partial charge < -0.3 is 65.1 Å². The van der Waals surface area contributed by atoms with E-state index in [1.165, 1.54) is 0 Å². The van der Waals surface area contributed by atoms with Crippen LogP contribution in [0.15, 0.2) is 60.8 Å². The summed E-state index contributed by atoms with van der Waals surface area (Å²) in [5.74, 6) is -0.248. The van der Waals surface area contributed by atoms with Crippen LogP contribution in [0.25, 0.3) is 0 Å². The lowest BCUT2D eigenvalue weighted by Crippen LogP contribution is -2.65. The van der Waals surface area contributed by atoms with Crippen LogP contribution in [-0.4, -0.2) is 140 Å². The summed E-state index contributed by atoms with van der Waals surface area (Å²) in [6.07, 6.45) is 19.9. The van der Waals surface area contributed by atoms with Gasteiger partial charge >= 0.3 is 0 Å². The Hall–Kier alpha value is -2.31. The van der Waals surface area contributed by atoms with E-state index in [1.54, 1.807) is 0 Å². The molecule has 0 aromatic heterocycles. The molecule has 2 fully saturated rings. The van der Waals surface area contributed by atoms with E-state index in [-0.39, 0.29) is 18.9 Å². The molecule has 0 aromatic carbocycles.